The fourth-order valence-corrected chi connectivity index (χ4v) is 7.35. The fraction of sp³-hybridized carbons (Fsp3) is 1.00. The van der Waals surface area contributed by atoms with Crippen molar-refractivity contribution in [3.8, 4) is 0 Å². The van der Waals surface area contributed by atoms with Crippen molar-refractivity contribution >= 4 is 26.6 Å². The van der Waals surface area contributed by atoms with E-state index in [1.165, 1.54) is 0 Å². The Balaban J connectivity index is 2.09. The molecule has 1 heterocycles. The van der Waals surface area contributed by atoms with Gasteiger partial charge in [-0.15, -0.1) is 0 Å². The minimum absolute atomic E-state index is 0.240. The normalized spacial score (nSPS) is 31.0. The van der Waals surface area contributed by atoms with E-state index in [2.05, 4.69) is 16.7 Å². The second kappa shape index (κ2) is 1.63. The summed E-state index contributed by atoms with van der Waals surface area (Å²) in [4.78, 5) is 0. The molecule has 1 saturated heterocycles. The van der Waals surface area contributed by atoms with Gasteiger partial charge in [0.15, 0.2) is 0 Å². The van der Waals surface area contributed by atoms with Crippen molar-refractivity contribution in [2.45, 2.75) is 18.5 Å². The molecule has 29 valence electrons. The van der Waals surface area contributed by atoms with Gasteiger partial charge < -0.3 is 0 Å². The predicted octanol–water partition coefficient (Wildman–Crippen LogP) is 0.169. The number of hydrogen-bond donors (Lipinski definition) is 0. The van der Waals surface area contributed by atoms with Crippen LogP contribution < -0.4 is 0 Å². The Hall–Kier alpha value is 0.651. The van der Waals surface area contributed by atoms with Crippen LogP contribution in [0.3, 0.4) is 0 Å². The van der Waals surface area contributed by atoms with Crippen LogP contribution in [0.2, 0.25) is 11.6 Å². The average molecular weight is 126 g/mol. The summed E-state index contributed by atoms with van der Waals surface area (Å²) in [6.07, 6.45) is 0. The molecule has 6 heavy (non-hydrogen) atoms. The van der Waals surface area contributed by atoms with Gasteiger partial charge in [-0.3, -0.25) is 0 Å². The van der Waals surface area contributed by atoms with E-state index in [4.69, 9.17) is 0 Å². The molecule has 0 N–H and O–H groups in total. The van der Waals surface area contributed by atoms with E-state index < -0.39 is 0 Å². The summed E-state index contributed by atoms with van der Waals surface area (Å²) in [5.41, 5.74) is 1.13. The lowest BCUT2D eigenvalue weighted by Crippen LogP contribution is -2.02. The van der Waals surface area contributed by atoms with E-state index in [-0.39, 0.29) is 8.31 Å². The third-order valence-corrected chi connectivity index (χ3v) is 9.31. The van der Waals surface area contributed by atoms with Gasteiger partial charge in [0.2, 0.25) is 8.55 Å². The van der Waals surface area contributed by atoms with E-state index >= 15 is 0 Å². The lowest BCUT2D eigenvalue weighted by Gasteiger charge is -1.56. The van der Waals surface area contributed by atoms with E-state index in [0.717, 1.165) is 14.1 Å². The Kier molecular flexibility index (Phi) is 1.31. The summed E-state index contributed by atoms with van der Waals surface area (Å²) in [6.45, 7) is 2.35. The van der Waals surface area contributed by atoms with Gasteiger partial charge in [-0.05, 0) is 6.92 Å². The van der Waals surface area contributed by atoms with Crippen LogP contribution in [-0.4, -0.2) is 26.6 Å². The zero-order valence-corrected chi connectivity index (χ0v) is 6.78. The highest BCUT2D eigenvalue weighted by molar-refractivity contribution is 7.35. The molecule has 0 aromatic heterocycles. The van der Waals surface area contributed by atoms with Crippen LogP contribution in [0.5, 0.6) is 0 Å². The van der Waals surface area contributed by atoms with E-state index in [0.29, 0.717) is 0 Å². The van der Waals surface area contributed by atoms with Crippen LogP contribution in [0.25, 0.3) is 0 Å². The summed E-state index contributed by atoms with van der Waals surface area (Å²) in [5.74, 6) is 0. The first kappa shape index (κ1) is 4.80. The third kappa shape index (κ3) is 0.828. The molecule has 0 aromatic carbocycles. The van der Waals surface area contributed by atoms with Crippen molar-refractivity contribution in [3.63, 3.8) is 0 Å². The van der Waals surface area contributed by atoms with Crippen LogP contribution in [-0.2, 0) is 0 Å². The minimum atomic E-state index is 0.240. The van der Waals surface area contributed by atoms with E-state index in [1.807, 2.05) is 0 Å². The molecule has 3 heteroatoms. The van der Waals surface area contributed by atoms with Crippen LogP contribution >= 0.6 is 0 Å². The lowest BCUT2D eigenvalue weighted by atomic mass is 10.6. The quantitative estimate of drug-likeness (QED) is 0.439. The molecule has 5 radical (unpaired) electrons. The molecule has 1 atom stereocenters. The van der Waals surface area contributed by atoms with Gasteiger partial charge >= 0.3 is 0 Å². The Bertz CT molecular complexity index is 52.0. The van der Waals surface area contributed by atoms with Gasteiger partial charge in [0.1, 0.15) is 0 Å². The van der Waals surface area contributed by atoms with Gasteiger partial charge in [0.25, 0.3) is 8.31 Å². The van der Waals surface area contributed by atoms with Gasteiger partial charge in [-0.1, -0.05) is 0 Å². The van der Waals surface area contributed by atoms with E-state index in [1.54, 1.807) is 6.04 Å². The highest BCUT2D eigenvalue weighted by Gasteiger charge is 2.50. The van der Waals surface area contributed by atoms with E-state index in [9.17, 15) is 0 Å². The molecule has 0 amide bonds. The molecule has 1 rings (SSSR count). The molecule has 1 unspecified atom stereocenters. The summed E-state index contributed by atoms with van der Waals surface area (Å²) in [7, 11) is 4.88. The molecular weight excluding hydrogens is 120 g/mol. The largest absolute Gasteiger partial charge is 0.270 e. The number of rotatable bonds is 1. The summed E-state index contributed by atoms with van der Waals surface area (Å²) < 4.78 is 0. The molecule has 1 aliphatic rings. The van der Waals surface area contributed by atoms with Gasteiger partial charge in [0.05, 0.1) is 21.3 Å². The minimum Gasteiger partial charge on any atom is -0.0326 e. The summed E-state index contributed by atoms with van der Waals surface area (Å²) in [5, 5.41) is 0. The van der Waals surface area contributed by atoms with Gasteiger partial charge in [0, 0.05) is 0 Å². The second-order valence-electron chi connectivity index (χ2n) is 1.76. The van der Waals surface area contributed by atoms with Crippen LogP contribution in [0.15, 0.2) is 0 Å². The molecule has 0 aliphatic carbocycles. The molecule has 1 aliphatic heterocycles. The summed E-state index contributed by atoms with van der Waals surface area (Å²) in [6, 6.07) is 1.56. The van der Waals surface area contributed by atoms with Gasteiger partial charge in [-0.2, -0.15) is 0 Å². The maximum Gasteiger partial charge on any atom is 0.270 e. The van der Waals surface area contributed by atoms with Crippen molar-refractivity contribution in [1.82, 2.24) is 0 Å². The molecule has 1 fully saturated rings. The second-order valence-corrected chi connectivity index (χ2v) is 9.38. The first-order valence-electron chi connectivity index (χ1n) is 2.13. The van der Waals surface area contributed by atoms with Crippen LogP contribution in [0, 0.1) is 0 Å². The average Bonchev–Trinajstić information content (AvgIpc) is 2.19. The maximum absolute atomic E-state index is 3.53. The zero-order valence-electron chi connectivity index (χ0n) is 3.78. The van der Waals surface area contributed by atoms with Gasteiger partial charge in [-0.25, -0.2) is 0 Å². The third-order valence-electron chi connectivity index (χ3n) is 1.12. The molecular formula is C3H6Si3+. The first-order valence-corrected chi connectivity index (χ1v) is 7.41. The smallest absolute Gasteiger partial charge is 0.0326 e. The monoisotopic (exact) mass is 126 g/mol. The van der Waals surface area contributed by atoms with Crippen LogP contribution in [0.1, 0.15) is 6.92 Å². The Morgan fingerprint density at radius 1 is 2.00 bits per heavy atom. The Labute approximate surface area is 45.8 Å². The molecule has 0 bridgehead atoms. The van der Waals surface area contributed by atoms with Crippen molar-refractivity contribution in [2.24, 2.45) is 0 Å². The van der Waals surface area contributed by atoms with Crippen LogP contribution in [0.4, 0.5) is 0 Å². The SMILES string of the molecule is CC1C[Si+]1[Si][Si]. The fourth-order valence-electron chi connectivity index (χ4n) is 0.445. The van der Waals surface area contributed by atoms with Crippen molar-refractivity contribution in [1.29, 1.82) is 0 Å². The number of hydrogen-bond acceptors (Lipinski definition) is 0. The highest BCUT2D eigenvalue weighted by atomic mass is 29.5. The van der Waals surface area contributed by atoms with Crippen molar-refractivity contribution < 1.29 is 0 Å². The molecule has 0 nitrogen and oxygen atoms in total. The lowest BCUT2D eigenvalue weighted by molar-refractivity contribution is 1.21. The Morgan fingerprint density at radius 3 is 2.50 bits per heavy atom. The maximum atomic E-state index is 3.53. The topological polar surface area (TPSA) is 0 Å². The molecule has 0 aromatic rings. The molecule has 0 saturated carbocycles. The predicted molar refractivity (Wildman–Crippen MR) is 31.5 cm³/mol. The highest BCUT2D eigenvalue weighted by Crippen LogP contribution is 2.34. The molecule has 0 spiro atoms. The first-order chi connectivity index (χ1) is 2.84. The zero-order chi connectivity index (χ0) is 4.57. The van der Waals surface area contributed by atoms with Crippen molar-refractivity contribution in [2.75, 3.05) is 0 Å². The van der Waals surface area contributed by atoms with Crippen molar-refractivity contribution in [3.05, 3.63) is 0 Å². The standard InChI is InChI=1S/C3H6Si3/c1-3-2-6(3)5-4/h3H,2H2,1H3/q+1. The Morgan fingerprint density at radius 2 is 2.50 bits per heavy atom. The summed E-state index contributed by atoms with van der Waals surface area (Å²) >= 11 is 0.